The van der Waals surface area contributed by atoms with E-state index in [2.05, 4.69) is 29.0 Å². The number of halogens is 1. The zero-order valence-corrected chi connectivity index (χ0v) is 20.2. The minimum absolute atomic E-state index is 0. The van der Waals surface area contributed by atoms with Crippen LogP contribution < -0.4 is 5.32 Å². The second kappa shape index (κ2) is 13.2. The largest absolute Gasteiger partial charge is 0.376 e. The lowest BCUT2D eigenvalue weighted by atomic mass is 10.1. The molecule has 0 aromatic carbocycles. The van der Waals surface area contributed by atoms with Crippen LogP contribution in [-0.4, -0.2) is 86.5 Å². The third-order valence-corrected chi connectivity index (χ3v) is 5.99. The lowest BCUT2D eigenvalue weighted by molar-refractivity contribution is -0.0721. The van der Waals surface area contributed by atoms with Gasteiger partial charge in [0, 0.05) is 38.8 Å². The van der Waals surface area contributed by atoms with E-state index in [-0.39, 0.29) is 24.0 Å². The maximum atomic E-state index is 6.15. The van der Waals surface area contributed by atoms with Gasteiger partial charge in [0.25, 0.3) is 0 Å². The second-order valence-electron chi connectivity index (χ2n) is 8.10. The van der Waals surface area contributed by atoms with Gasteiger partial charge in [-0.2, -0.15) is 0 Å². The molecule has 0 bridgehead atoms. The van der Waals surface area contributed by atoms with Gasteiger partial charge in [-0.1, -0.05) is 6.92 Å². The number of ether oxygens (including phenoxy) is 2. The number of nitrogens with one attached hydrogen (secondary N) is 1. The molecule has 0 spiro atoms. The van der Waals surface area contributed by atoms with Crippen molar-refractivity contribution in [1.29, 1.82) is 0 Å². The number of likely N-dealkylation sites (N-methyl/N-ethyl adjacent to an activating group) is 1. The number of aliphatic imine (C=N–C) groups is 1. The molecular weight excluding hydrogens is 467 g/mol. The number of likely N-dealkylation sites (tertiary alicyclic amines) is 1. The molecular formula is C21H41IN4O2. The Morgan fingerprint density at radius 2 is 1.93 bits per heavy atom. The van der Waals surface area contributed by atoms with Crippen LogP contribution in [0.15, 0.2) is 4.99 Å². The van der Waals surface area contributed by atoms with Gasteiger partial charge in [-0.3, -0.25) is 9.89 Å². The van der Waals surface area contributed by atoms with E-state index in [9.17, 15) is 0 Å². The van der Waals surface area contributed by atoms with Crippen molar-refractivity contribution in [2.45, 2.75) is 77.0 Å². The van der Waals surface area contributed by atoms with Crippen molar-refractivity contribution in [2.75, 3.05) is 52.5 Å². The Labute approximate surface area is 188 Å². The smallest absolute Gasteiger partial charge is 0.193 e. The summed E-state index contributed by atoms with van der Waals surface area (Å²) in [7, 11) is 0. The van der Waals surface area contributed by atoms with Crippen molar-refractivity contribution in [3.63, 3.8) is 0 Å². The molecule has 1 N–H and O–H groups in total. The summed E-state index contributed by atoms with van der Waals surface area (Å²) in [6, 6.07) is 0.828. The van der Waals surface area contributed by atoms with Crippen LogP contribution in [0.25, 0.3) is 0 Å². The molecule has 2 aliphatic heterocycles. The van der Waals surface area contributed by atoms with Gasteiger partial charge < -0.3 is 19.7 Å². The van der Waals surface area contributed by atoms with Crippen LogP contribution in [0, 0.1) is 0 Å². The molecule has 3 aliphatic rings. The standard InChI is InChI=1S/C21H40N4O2.HI/c1-3-22-21(23-12-15-24(4-2)18-8-9-18)25-13-10-19(11-14-25)27-17-20-7-5-6-16-26-20;/h18-20H,3-17H2,1-2H3,(H,22,23);1H. The normalized spacial score (nSPS) is 24.3. The number of hydrogen-bond acceptors (Lipinski definition) is 4. The maximum Gasteiger partial charge on any atom is 0.193 e. The summed E-state index contributed by atoms with van der Waals surface area (Å²) in [6.45, 7) is 12.2. The highest BCUT2D eigenvalue weighted by Crippen LogP contribution is 2.26. The minimum atomic E-state index is 0. The van der Waals surface area contributed by atoms with Crippen LogP contribution in [0.5, 0.6) is 0 Å². The molecule has 1 saturated carbocycles. The number of hydrogen-bond donors (Lipinski definition) is 1. The lowest BCUT2D eigenvalue weighted by Gasteiger charge is -2.35. The first kappa shape index (κ1) is 24.2. The van der Waals surface area contributed by atoms with Gasteiger partial charge in [-0.05, 0) is 58.4 Å². The molecule has 1 unspecified atom stereocenters. The Kier molecular flexibility index (Phi) is 11.4. The molecule has 0 aromatic heterocycles. The number of guanidine groups is 1. The van der Waals surface area contributed by atoms with E-state index >= 15 is 0 Å². The van der Waals surface area contributed by atoms with Crippen LogP contribution in [0.2, 0.25) is 0 Å². The van der Waals surface area contributed by atoms with E-state index < -0.39 is 0 Å². The van der Waals surface area contributed by atoms with E-state index in [0.717, 1.165) is 83.7 Å². The molecule has 2 heterocycles. The summed E-state index contributed by atoms with van der Waals surface area (Å²) in [4.78, 5) is 9.89. The molecule has 7 heteroatoms. The van der Waals surface area contributed by atoms with Gasteiger partial charge in [0.15, 0.2) is 5.96 Å². The Hall–Kier alpha value is -0.120. The molecule has 3 fully saturated rings. The summed E-state index contributed by atoms with van der Waals surface area (Å²) >= 11 is 0. The van der Waals surface area contributed by atoms with Crippen molar-refractivity contribution in [2.24, 2.45) is 4.99 Å². The Morgan fingerprint density at radius 3 is 2.54 bits per heavy atom. The molecule has 0 amide bonds. The van der Waals surface area contributed by atoms with Crippen molar-refractivity contribution in [1.82, 2.24) is 15.1 Å². The van der Waals surface area contributed by atoms with E-state index in [4.69, 9.17) is 14.5 Å². The third-order valence-electron chi connectivity index (χ3n) is 5.99. The van der Waals surface area contributed by atoms with Gasteiger partial charge >= 0.3 is 0 Å². The summed E-state index contributed by atoms with van der Waals surface area (Å²) in [5.41, 5.74) is 0. The predicted octanol–water partition coefficient (Wildman–Crippen LogP) is 3.10. The van der Waals surface area contributed by atoms with Gasteiger partial charge in [0.05, 0.1) is 25.4 Å². The van der Waals surface area contributed by atoms with Crippen molar-refractivity contribution in [3.05, 3.63) is 0 Å². The molecule has 6 nitrogen and oxygen atoms in total. The number of piperidine rings is 1. The third kappa shape index (κ3) is 7.95. The van der Waals surface area contributed by atoms with Gasteiger partial charge in [0.2, 0.25) is 0 Å². The highest BCUT2D eigenvalue weighted by molar-refractivity contribution is 14.0. The monoisotopic (exact) mass is 508 g/mol. The quantitative estimate of drug-likeness (QED) is 0.295. The number of nitrogens with zero attached hydrogens (tertiary/aromatic N) is 3. The predicted molar refractivity (Wildman–Crippen MR) is 126 cm³/mol. The zero-order chi connectivity index (χ0) is 18.9. The zero-order valence-electron chi connectivity index (χ0n) is 17.9. The van der Waals surface area contributed by atoms with Crippen LogP contribution in [0.4, 0.5) is 0 Å². The Bertz CT molecular complexity index is 448. The molecule has 2 saturated heterocycles. The van der Waals surface area contributed by atoms with E-state index in [1.807, 2.05) is 0 Å². The van der Waals surface area contributed by atoms with Gasteiger partial charge in [-0.25, -0.2) is 0 Å². The van der Waals surface area contributed by atoms with E-state index in [0.29, 0.717) is 12.2 Å². The fourth-order valence-corrected chi connectivity index (χ4v) is 4.17. The summed E-state index contributed by atoms with van der Waals surface area (Å²) in [6.07, 6.45) is 9.26. The van der Waals surface area contributed by atoms with Crippen molar-refractivity contribution < 1.29 is 9.47 Å². The fourth-order valence-electron chi connectivity index (χ4n) is 4.17. The van der Waals surface area contributed by atoms with Crippen molar-refractivity contribution in [3.8, 4) is 0 Å². The van der Waals surface area contributed by atoms with Crippen LogP contribution in [0.3, 0.4) is 0 Å². The topological polar surface area (TPSA) is 49.3 Å². The fraction of sp³-hybridized carbons (Fsp3) is 0.952. The summed E-state index contributed by atoms with van der Waals surface area (Å²) < 4.78 is 11.9. The number of rotatable bonds is 9. The van der Waals surface area contributed by atoms with E-state index in [1.165, 1.54) is 25.7 Å². The Balaban J connectivity index is 0.00000280. The average molecular weight is 508 g/mol. The van der Waals surface area contributed by atoms with Gasteiger partial charge in [0.1, 0.15) is 0 Å². The summed E-state index contributed by atoms with van der Waals surface area (Å²) in [5, 5.41) is 3.48. The molecule has 0 aromatic rings. The lowest BCUT2D eigenvalue weighted by Crippen LogP contribution is -2.47. The Morgan fingerprint density at radius 1 is 1.14 bits per heavy atom. The highest BCUT2D eigenvalue weighted by atomic mass is 127. The minimum Gasteiger partial charge on any atom is -0.376 e. The van der Waals surface area contributed by atoms with Gasteiger partial charge in [-0.15, -0.1) is 24.0 Å². The van der Waals surface area contributed by atoms with E-state index in [1.54, 1.807) is 0 Å². The molecule has 1 aliphatic carbocycles. The second-order valence-corrected chi connectivity index (χ2v) is 8.10. The van der Waals surface area contributed by atoms with Crippen molar-refractivity contribution >= 4 is 29.9 Å². The maximum absolute atomic E-state index is 6.15. The molecule has 28 heavy (non-hydrogen) atoms. The average Bonchev–Trinajstić information content (AvgIpc) is 3.55. The first-order chi connectivity index (χ1) is 13.3. The first-order valence-electron chi connectivity index (χ1n) is 11.3. The SMILES string of the molecule is CCNC(=NCCN(CC)C1CC1)N1CCC(OCC2CCCCO2)CC1.I. The molecule has 3 rings (SSSR count). The molecule has 164 valence electrons. The summed E-state index contributed by atoms with van der Waals surface area (Å²) in [5.74, 6) is 1.08. The molecule has 0 radical (unpaired) electrons. The molecule has 1 atom stereocenters. The first-order valence-corrected chi connectivity index (χ1v) is 11.3. The van der Waals surface area contributed by atoms with Crippen LogP contribution >= 0.6 is 24.0 Å². The highest BCUT2D eigenvalue weighted by Gasteiger charge is 2.27. The van der Waals surface area contributed by atoms with Crippen LogP contribution in [-0.2, 0) is 9.47 Å². The van der Waals surface area contributed by atoms with Crippen LogP contribution in [0.1, 0.15) is 58.8 Å².